The van der Waals surface area contributed by atoms with E-state index < -0.39 is 26.5 Å². The van der Waals surface area contributed by atoms with E-state index >= 15 is 0 Å². The van der Waals surface area contributed by atoms with Crippen molar-refractivity contribution in [2.75, 3.05) is 47.5 Å². The Balaban J connectivity index is 4.30. The Morgan fingerprint density at radius 1 is 0.500 bits per heavy atom. The van der Waals surface area contributed by atoms with Crippen LogP contribution in [0.1, 0.15) is 219 Å². The van der Waals surface area contributed by atoms with Gasteiger partial charge >= 0.3 is 19.8 Å². The predicted octanol–water partition coefficient (Wildman–Crippen LogP) is 14.5. The van der Waals surface area contributed by atoms with Gasteiger partial charge in [-0.25, -0.2) is 4.57 Å². The van der Waals surface area contributed by atoms with Crippen LogP contribution in [0, 0.1) is 0 Å². The Morgan fingerprint density at radius 2 is 0.883 bits per heavy atom. The highest BCUT2D eigenvalue weighted by Gasteiger charge is 2.27. The van der Waals surface area contributed by atoms with Crippen LogP contribution in [0.3, 0.4) is 0 Å². The van der Waals surface area contributed by atoms with Gasteiger partial charge in [-0.05, 0) is 70.6 Å². The number of ether oxygens (including phenoxy) is 2. The topological polar surface area (TPSA) is 108 Å². The van der Waals surface area contributed by atoms with E-state index in [0.29, 0.717) is 17.4 Å². The Morgan fingerprint density at radius 3 is 1.35 bits per heavy atom. The number of quaternary nitrogens is 1. The molecule has 2 atom stereocenters. The van der Waals surface area contributed by atoms with E-state index in [0.717, 1.165) is 64.2 Å². The zero-order chi connectivity index (χ0) is 44.3. The summed E-state index contributed by atoms with van der Waals surface area (Å²) in [7, 11) is 1.45. The lowest BCUT2D eigenvalue weighted by molar-refractivity contribution is -0.870. The van der Waals surface area contributed by atoms with Crippen LogP contribution in [0.25, 0.3) is 0 Å². The van der Waals surface area contributed by atoms with Crippen LogP contribution in [0.5, 0.6) is 0 Å². The fourth-order valence-corrected chi connectivity index (χ4v) is 7.48. The molecule has 0 fully saturated rings. The van der Waals surface area contributed by atoms with Crippen molar-refractivity contribution in [2.45, 2.75) is 225 Å². The monoisotopic (exact) mass is 869 g/mol. The number of allylic oxidation sites excluding steroid dienone is 6. The van der Waals surface area contributed by atoms with E-state index in [2.05, 4.69) is 50.3 Å². The maximum absolute atomic E-state index is 12.7. The summed E-state index contributed by atoms with van der Waals surface area (Å²) in [5, 5.41) is 0. The minimum Gasteiger partial charge on any atom is -0.462 e. The molecule has 0 saturated carbocycles. The molecule has 0 rings (SSSR count). The van der Waals surface area contributed by atoms with Crippen LogP contribution in [0.2, 0.25) is 0 Å². The van der Waals surface area contributed by atoms with Gasteiger partial charge in [0.1, 0.15) is 19.8 Å². The highest BCUT2D eigenvalue weighted by Crippen LogP contribution is 2.43. The highest BCUT2D eigenvalue weighted by molar-refractivity contribution is 7.47. The Kier molecular flexibility index (Phi) is 41.3. The van der Waals surface area contributed by atoms with Crippen LogP contribution in [-0.4, -0.2) is 74.9 Å². The highest BCUT2D eigenvalue weighted by atomic mass is 31.2. The fourth-order valence-electron chi connectivity index (χ4n) is 6.74. The van der Waals surface area contributed by atoms with Gasteiger partial charge in [0, 0.05) is 12.8 Å². The molecule has 0 aliphatic rings. The van der Waals surface area contributed by atoms with Crippen molar-refractivity contribution in [1.29, 1.82) is 0 Å². The molecule has 9 nitrogen and oxygen atoms in total. The molecule has 0 heterocycles. The number of phosphoric acid groups is 1. The molecule has 0 aromatic carbocycles. The third-order valence-electron chi connectivity index (χ3n) is 10.6. The first-order valence-electron chi connectivity index (χ1n) is 24.7. The van der Waals surface area contributed by atoms with Crippen molar-refractivity contribution in [3.05, 3.63) is 36.5 Å². The molecule has 1 N–H and O–H groups in total. The van der Waals surface area contributed by atoms with Crippen LogP contribution in [-0.2, 0) is 32.7 Å². The molecule has 0 aromatic heterocycles. The van der Waals surface area contributed by atoms with Crippen LogP contribution >= 0.6 is 7.82 Å². The lowest BCUT2D eigenvalue weighted by Crippen LogP contribution is -2.37. The van der Waals surface area contributed by atoms with Crippen molar-refractivity contribution in [3.63, 3.8) is 0 Å². The van der Waals surface area contributed by atoms with Crippen molar-refractivity contribution in [1.82, 2.24) is 0 Å². The number of phosphoric ester groups is 1. The van der Waals surface area contributed by atoms with Gasteiger partial charge in [0.05, 0.1) is 27.7 Å². The van der Waals surface area contributed by atoms with Crippen molar-refractivity contribution in [3.8, 4) is 0 Å². The smallest absolute Gasteiger partial charge is 0.462 e. The Bertz CT molecular complexity index is 1120. The summed E-state index contributed by atoms with van der Waals surface area (Å²) in [5.74, 6) is -0.854. The van der Waals surface area contributed by atoms with Gasteiger partial charge in [0.25, 0.3) is 0 Å². The standard InChI is InChI=1S/C50H94NO8P/c1-6-8-10-12-14-16-18-20-21-22-23-24-25-26-27-28-29-31-33-35-37-39-41-43-50(53)59-48(47-58-60(54,55)57-45-44-51(3,4)5)46-56-49(52)42-40-38-36-34-32-30-19-17-15-13-11-9-7-2/h17,19,28-29,35,37,48H,6-16,18,20-27,30-34,36,38-47H2,1-5H3/p+1/b19-17+,29-28+,37-35+/t48-/m1/s1. The van der Waals surface area contributed by atoms with Gasteiger partial charge in [-0.3, -0.25) is 18.6 Å². The first-order chi connectivity index (χ1) is 29.0. The number of nitrogens with zero attached hydrogens (tertiary/aromatic N) is 1. The van der Waals surface area contributed by atoms with E-state index in [9.17, 15) is 19.0 Å². The third-order valence-corrected chi connectivity index (χ3v) is 11.6. The van der Waals surface area contributed by atoms with E-state index in [1.54, 1.807) is 0 Å². The number of hydrogen-bond donors (Lipinski definition) is 1. The fraction of sp³-hybridized carbons (Fsp3) is 0.840. The first-order valence-corrected chi connectivity index (χ1v) is 26.2. The van der Waals surface area contributed by atoms with Crippen molar-refractivity contribution in [2.24, 2.45) is 0 Å². The summed E-state index contributed by atoms with van der Waals surface area (Å²) in [5.41, 5.74) is 0. The molecule has 0 radical (unpaired) electrons. The molecule has 0 aliphatic heterocycles. The first kappa shape index (κ1) is 58.2. The second kappa shape index (κ2) is 42.5. The maximum Gasteiger partial charge on any atom is 0.472 e. The van der Waals surface area contributed by atoms with Crippen LogP contribution < -0.4 is 0 Å². The van der Waals surface area contributed by atoms with E-state index in [1.807, 2.05) is 21.1 Å². The summed E-state index contributed by atoms with van der Waals surface area (Å²) >= 11 is 0. The second-order valence-electron chi connectivity index (χ2n) is 17.8. The summed E-state index contributed by atoms with van der Waals surface area (Å²) in [4.78, 5) is 35.4. The number of rotatable bonds is 45. The van der Waals surface area contributed by atoms with E-state index in [-0.39, 0.29) is 32.0 Å². The molecule has 0 spiro atoms. The van der Waals surface area contributed by atoms with Crippen LogP contribution in [0.15, 0.2) is 36.5 Å². The largest absolute Gasteiger partial charge is 0.472 e. The van der Waals surface area contributed by atoms with Gasteiger partial charge in [0.15, 0.2) is 6.10 Å². The maximum atomic E-state index is 12.7. The Hall–Kier alpha value is -1.77. The zero-order valence-corrected chi connectivity index (χ0v) is 40.6. The molecule has 0 saturated heterocycles. The van der Waals surface area contributed by atoms with Gasteiger partial charge in [-0.2, -0.15) is 0 Å². The summed E-state index contributed by atoms with van der Waals surface area (Å²) in [6.07, 6.45) is 49.3. The van der Waals surface area contributed by atoms with Gasteiger partial charge in [-0.15, -0.1) is 0 Å². The average molecular weight is 869 g/mol. The number of carbonyl (C=O) groups is 2. The van der Waals surface area contributed by atoms with E-state index in [4.69, 9.17) is 18.5 Å². The normalized spacial score (nSPS) is 13.8. The molecule has 1 unspecified atom stereocenters. The molecule has 10 heteroatoms. The van der Waals surface area contributed by atoms with Gasteiger partial charge in [0.2, 0.25) is 0 Å². The second-order valence-corrected chi connectivity index (χ2v) is 19.3. The molecule has 0 aliphatic carbocycles. The van der Waals surface area contributed by atoms with Gasteiger partial charge < -0.3 is 18.9 Å². The number of hydrogen-bond acceptors (Lipinski definition) is 7. The lowest BCUT2D eigenvalue weighted by Gasteiger charge is -2.24. The van der Waals surface area contributed by atoms with Crippen LogP contribution in [0.4, 0.5) is 0 Å². The van der Waals surface area contributed by atoms with Crippen molar-refractivity contribution < 1.29 is 42.1 Å². The zero-order valence-electron chi connectivity index (χ0n) is 39.7. The number of esters is 2. The third kappa shape index (κ3) is 45.7. The quantitative estimate of drug-likeness (QED) is 0.0212. The SMILES string of the molecule is CCCCCC/C=C/CCCCCCCC(=O)OC[C@H](COP(=O)(O)OCC[N+](C)(C)C)OC(=O)CCC/C=C/CC/C=C/CCCCCCCCCCCCCCCC. The number of unbranched alkanes of at least 4 members (excludes halogenated alkanes) is 25. The summed E-state index contributed by atoms with van der Waals surface area (Å²) < 4.78 is 34.3. The minimum absolute atomic E-state index is 0.0237. The minimum atomic E-state index is -4.39. The number of likely N-dealkylation sites (N-methyl/N-ethyl adjacent to an activating group) is 1. The molecular formula is C50H95NO8P+. The molecule has 0 aromatic rings. The molecule has 0 bridgehead atoms. The van der Waals surface area contributed by atoms with Crippen molar-refractivity contribution >= 4 is 19.8 Å². The molecule has 0 amide bonds. The lowest BCUT2D eigenvalue weighted by atomic mass is 10.0. The summed E-state index contributed by atoms with van der Waals surface area (Å²) in [6.45, 7) is 4.37. The molecule has 352 valence electrons. The van der Waals surface area contributed by atoms with E-state index in [1.165, 1.54) is 122 Å². The predicted molar refractivity (Wildman–Crippen MR) is 252 cm³/mol. The van der Waals surface area contributed by atoms with Gasteiger partial charge in [-0.1, -0.05) is 172 Å². The molecule has 60 heavy (non-hydrogen) atoms. The average Bonchev–Trinajstić information content (AvgIpc) is 3.20. The molecular weight excluding hydrogens is 774 g/mol. The Labute approximate surface area is 370 Å². The number of carbonyl (C=O) groups excluding carboxylic acids is 2. The summed E-state index contributed by atoms with van der Waals surface area (Å²) in [6, 6.07) is 0.